The van der Waals surface area contributed by atoms with Gasteiger partial charge in [-0.15, -0.1) is 16.4 Å². The minimum atomic E-state index is -0.310. The molecule has 0 saturated heterocycles. The molecule has 26 heavy (non-hydrogen) atoms. The van der Waals surface area contributed by atoms with Crippen LogP contribution in [-0.2, 0) is 0 Å². The predicted octanol–water partition coefficient (Wildman–Crippen LogP) is 4.56. The van der Waals surface area contributed by atoms with Crippen LogP contribution in [0.2, 0.25) is 0 Å². The number of pyridine rings is 1. The quantitative estimate of drug-likeness (QED) is 0.508. The molecule has 0 amide bonds. The second-order valence-electron chi connectivity index (χ2n) is 5.62. The molecule has 0 radical (unpaired) electrons. The molecule has 2 aromatic carbocycles. The summed E-state index contributed by atoms with van der Waals surface area (Å²) in [7, 11) is 0. The predicted molar refractivity (Wildman–Crippen MR) is 96.8 cm³/mol. The number of hydrogen-bond donors (Lipinski definition) is 1. The Labute approximate surface area is 150 Å². The normalized spacial score (nSPS) is 11.3. The van der Waals surface area contributed by atoms with Crippen molar-refractivity contribution >= 4 is 32.3 Å². The lowest BCUT2D eigenvalue weighted by Crippen LogP contribution is -1.91. The molecule has 0 atom stereocenters. The number of thiophene rings is 1. The Bertz CT molecular complexity index is 1220. The number of benzene rings is 2. The highest BCUT2D eigenvalue weighted by Crippen LogP contribution is 2.37. The number of aromatic amines is 1. The van der Waals surface area contributed by atoms with Crippen molar-refractivity contribution < 1.29 is 9.13 Å². The third kappa shape index (κ3) is 2.47. The van der Waals surface area contributed by atoms with Crippen LogP contribution in [0.25, 0.3) is 32.4 Å². The maximum atomic E-state index is 13.1. The van der Waals surface area contributed by atoms with Gasteiger partial charge in [-0.05, 0) is 52.2 Å². The van der Waals surface area contributed by atoms with Gasteiger partial charge in [0.05, 0.1) is 10.9 Å². The van der Waals surface area contributed by atoms with Crippen LogP contribution in [0.1, 0.15) is 0 Å². The fourth-order valence-corrected chi connectivity index (χ4v) is 3.71. The molecule has 0 saturated carbocycles. The summed E-state index contributed by atoms with van der Waals surface area (Å²) >= 11 is 1.62. The number of nitrogens with zero attached hydrogens (tertiary/aromatic N) is 4. The van der Waals surface area contributed by atoms with Crippen molar-refractivity contribution in [3.63, 3.8) is 0 Å². The van der Waals surface area contributed by atoms with Crippen LogP contribution in [0.15, 0.2) is 53.9 Å². The molecule has 0 aliphatic carbocycles. The van der Waals surface area contributed by atoms with Crippen LogP contribution in [0.3, 0.4) is 0 Å². The van der Waals surface area contributed by atoms with Crippen LogP contribution >= 0.6 is 11.3 Å². The number of ether oxygens (including phenoxy) is 1. The number of halogens is 1. The lowest BCUT2D eigenvalue weighted by Gasteiger charge is -2.09. The van der Waals surface area contributed by atoms with E-state index < -0.39 is 0 Å². The molecule has 0 spiro atoms. The van der Waals surface area contributed by atoms with Crippen molar-refractivity contribution in [2.24, 2.45) is 0 Å². The minimum absolute atomic E-state index is 0.310. The molecule has 0 unspecified atom stereocenters. The lowest BCUT2D eigenvalue weighted by molar-refractivity contribution is 0.469. The highest BCUT2D eigenvalue weighted by molar-refractivity contribution is 7.18. The molecule has 5 rings (SSSR count). The van der Waals surface area contributed by atoms with Gasteiger partial charge in [0.25, 0.3) is 0 Å². The summed E-state index contributed by atoms with van der Waals surface area (Å²) < 4.78 is 20.1. The Morgan fingerprint density at radius 3 is 2.69 bits per heavy atom. The molecule has 0 bridgehead atoms. The molecule has 0 aliphatic rings. The molecule has 1 N–H and O–H groups in total. The number of hydrogen-bond acceptors (Lipinski definition) is 6. The van der Waals surface area contributed by atoms with Gasteiger partial charge in [-0.1, -0.05) is 12.1 Å². The molecular weight excluding hydrogens is 353 g/mol. The fourth-order valence-electron chi connectivity index (χ4n) is 2.79. The van der Waals surface area contributed by atoms with Crippen molar-refractivity contribution in [3.8, 4) is 23.0 Å². The van der Waals surface area contributed by atoms with E-state index in [1.807, 2.05) is 29.6 Å². The average molecular weight is 363 g/mol. The summed E-state index contributed by atoms with van der Waals surface area (Å²) in [6.45, 7) is 0. The molecule has 8 heteroatoms. The SMILES string of the molecule is Fc1ccc(Oc2nc3cc(-c4nnn[nH]4)ccc3c3sccc23)cc1. The van der Waals surface area contributed by atoms with E-state index in [1.54, 1.807) is 23.5 Å². The third-order valence-corrected chi connectivity index (χ3v) is 4.95. The van der Waals surface area contributed by atoms with Gasteiger partial charge in [0, 0.05) is 15.6 Å². The van der Waals surface area contributed by atoms with Gasteiger partial charge in [-0.3, -0.25) is 0 Å². The zero-order chi connectivity index (χ0) is 17.5. The maximum Gasteiger partial charge on any atom is 0.228 e. The van der Waals surface area contributed by atoms with Crippen molar-refractivity contribution in [3.05, 3.63) is 59.7 Å². The number of fused-ring (bicyclic) bond motifs is 3. The van der Waals surface area contributed by atoms with Crippen molar-refractivity contribution in [2.45, 2.75) is 0 Å². The number of H-pyrrole nitrogens is 1. The summed E-state index contributed by atoms with van der Waals surface area (Å²) in [5.74, 6) is 1.27. The molecule has 5 aromatic rings. The van der Waals surface area contributed by atoms with Crippen LogP contribution in [-0.4, -0.2) is 25.6 Å². The molecule has 6 nitrogen and oxygen atoms in total. The van der Waals surface area contributed by atoms with Gasteiger partial charge in [-0.2, -0.15) is 0 Å². The zero-order valence-corrected chi connectivity index (χ0v) is 14.0. The van der Waals surface area contributed by atoms with E-state index in [1.165, 1.54) is 12.1 Å². The summed E-state index contributed by atoms with van der Waals surface area (Å²) in [6, 6.07) is 13.7. The molecule has 126 valence electrons. The van der Waals surface area contributed by atoms with Crippen molar-refractivity contribution in [2.75, 3.05) is 0 Å². The van der Waals surface area contributed by atoms with Gasteiger partial charge in [0.1, 0.15) is 11.6 Å². The van der Waals surface area contributed by atoms with E-state index in [2.05, 4.69) is 25.6 Å². The average Bonchev–Trinajstić information content (AvgIpc) is 3.35. The van der Waals surface area contributed by atoms with E-state index in [-0.39, 0.29) is 5.82 Å². The first-order valence-corrected chi connectivity index (χ1v) is 8.64. The third-order valence-electron chi connectivity index (χ3n) is 4.01. The lowest BCUT2D eigenvalue weighted by atomic mass is 10.1. The largest absolute Gasteiger partial charge is 0.438 e. The van der Waals surface area contributed by atoms with Gasteiger partial charge in [0.15, 0.2) is 5.82 Å². The topological polar surface area (TPSA) is 76.6 Å². The van der Waals surface area contributed by atoms with Crippen LogP contribution in [0, 0.1) is 5.82 Å². The van der Waals surface area contributed by atoms with E-state index in [9.17, 15) is 4.39 Å². The van der Waals surface area contributed by atoms with E-state index in [4.69, 9.17) is 4.74 Å². The second kappa shape index (κ2) is 5.85. The summed E-state index contributed by atoms with van der Waals surface area (Å²) in [4.78, 5) is 4.67. The van der Waals surface area contributed by atoms with Crippen LogP contribution in [0.5, 0.6) is 11.6 Å². The van der Waals surface area contributed by atoms with Crippen molar-refractivity contribution in [1.82, 2.24) is 25.6 Å². The van der Waals surface area contributed by atoms with E-state index in [0.717, 1.165) is 26.6 Å². The highest BCUT2D eigenvalue weighted by atomic mass is 32.1. The number of aromatic nitrogens is 5. The minimum Gasteiger partial charge on any atom is -0.438 e. The first-order valence-electron chi connectivity index (χ1n) is 7.76. The Morgan fingerprint density at radius 2 is 1.88 bits per heavy atom. The van der Waals surface area contributed by atoms with Gasteiger partial charge in [-0.25, -0.2) is 14.5 Å². The Hall–Kier alpha value is -3.39. The van der Waals surface area contributed by atoms with Gasteiger partial charge >= 0.3 is 0 Å². The summed E-state index contributed by atoms with van der Waals surface area (Å²) in [6.07, 6.45) is 0. The first kappa shape index (κ1) is 14.9. The van der Waals surface area contributed by atoms with Crippen LogP contribution in [0.4, 0.5) is 4.39 Å². The second-order valence-corrected chi connectivity index (χ2v) is 6.53. The fraction of sp³-hybridized carbons (Fsp3) is 0. The molecule has 0 fully saturated rings. The summed E-state index contributed by atoms with van der Waals surface area (Å²) in [5.41, 5.74) is 1.60. The molecule has 0 aliphatic heterocycles. The Morgan fingerprint density at radius 1 is 1.00 bits per heavy atom. The highest BCUT2D eigenvalue weighted by Gasteiger charge is 2.13. The number of nitrogens with one attached hydrogen (secondary N) is 1. The maximum absolute atomic E-state index is 13.1. The molecule has 3 aromatic heterocycles. The standard InChI is InChI=1S/C18H10FN5OS/c19-11-2-4-12(5-3-11)25-18-14-7-8-26-16(14)13-6-1-10(9-15(13)20-18)17-21-23-24-22-17/h1-9H,(H,21,22,23,24). The van der Waals surface area contributed by atoms with Gasteiger partial charge < -0.3 is 4.74 Å². The zero-order valence-electron chi connectivity index (χ0n) is 13.2. The number of rotatable bonds is 3. The van der Waals surface area contributed by atoms with E-state index >= 15 is 0 Å². The molecule has 3 heterocycles. The van der Waals surface area contributed by atoms with Crippen LogP contribution < -0.4 is 4.74 Å². The Balaban J connectivity index is 1.68. The molecular formula is C18H10FN5OS. The van der Waals surface area contributed by atoms with E-state index in [0.29, 0.717) is 17.5 Å². The summed E-state index contributed by atoms with van der Waals surface area (Å²) in [5, 5.41) is 17.8. The van der Waals surface area contributed by atoms with Gasteiger partial charge in [0.2, 0.25) is 5.88 Å². The Kier molecular flexibility index (Phi) is 3.36. The van der Waals surface area contributed by atoms with Crippen molar-refractivity contribution in [1.29, 1.82) is 0 Å². The smallest absolute Gasteiger partial charge is 0.228 e. The number of tetrazole rings is 1. The first-order chi connectivity index (χ1) is 12.8. The monoisotopic (exact) mass is 363 g/mol.